The number of hydrogen-bond donors (Lipinski definition) is 3. The monoisotopic (exact) mass is 514 g/mol. The molecule has 0 aromatic heterocycles. The topological polar surface area (TPSA) is 65.5 Å². The normalized spacial score (nSPS) is 11.9. The Labute approximate surface area is 189 Å². The van der Waals surface area contributed by atoms with Crippen molar-refractivity contribution in [3.63, 3.8) is 0 Å². The molecule has 0 saturated carbocycles. The van der Waals surface area contributed by atoms with E-state index in [0.29, 0.717) is 12.1 Å². The van der Waals surface area contributed by atoms with Crippen molar-refractivity contribution in [3.8, 4) is 0 Å². The third kappa shape index (κ3) is 7.67. The van der Waals surface area contributed by atoms with Gasteiger partial charge in [0, 0.05) is 30.7 Å². The molecule has 0 spiro atoms. The van der Waals surface area contributed by atoms with E-state index in [-0.39, 0.29) is 35.9 Å². The van der Waals surface area contributed by atoms with Gasteiger partial charge in [-0.2, -0.15) is 0 Å². The minimum Gasteiger partial charge on any atom is -0.357 e. The maximum atomic E-state index is 11.7. The van der Waals surface area contributed by atoms with Crippen LogP contribution in [0.15, 0.2) is 53.5 Å². The number of rotatable bonds is 7. The average Bonchev–Trinajstić information content (AvgIpc) is 2.68. The van der Waals surface area contributed by atoms with Crippen LogP contribution >= 0.6 is 35.6 Å². The van der Waals surface area contributed by atoms with Gasteiger partial charge in [0.05, 0.1) is 6.04 Å². The molecule has 7 heteroatoms. The molecule has 2 aromatic carbocycles. The van der Waals surface area contributed by atoms with Crippen molar-refractivity contribution >= 4 is 47.4 Å². The number of carbonyl (C=O) groups is 1. The van der Waals surface area contributed by atoms with Gasteiger partial charge in [-0.3, -0.25) is 9.79 Å². The highest BCUT2D eigenvalue weighted by atomic mass is 127. The van der Waals surface area contributed by atoms with Crippen LogP contribution in [0.2, 0.25) is 5.02 Å². The molecule has 1 atom stereocenters. The zero-order valence-electron chi connectivity index (χ0n) is 16.5. The fourth-order valence-electron chi connectivity index (χ4n) is 2.67. The lowest BCUT2D eigenvalue weighted by Crippen LogP contribution is -2.38. The smallest absolute Gasteiger partial charge is 0.251 e. The summed E-state index contributed by atoms with van der Waals surface area (Å²) in [5, 5.41) is 10.1. The number of hydrogen-bond acceptors (Lipinski definition) is 2. The zero-order chi connectivity index (χ0) is 19.6. The van der Waals surface area contributed by atoms with E-state index in [1.54, 1.807) is 7.05 Å². The van der Waals surface area contributed by atoms with Crippen LogP contribution in [0, 0.1) is 0 Å². The van der Waals surface area contributed by atoms with Crippen molar-refractivity contribution in [2.24, 2.45) is 4.99 Å². The number of nitrogens with one attached hydrogen (secondary N) is 3. The van der Waals surface area contributed by atoms with E-state index >= 15 is 0 Å². The van der Waals surface area contributed by atoms with Gasteiger partial charge in [-0.05, 0) is 55.7 Å². The summed E-state index contributed by atoms with van der Waals surface area (Å²) < 4.78 is 0. The number of aliphatic imine (C=N–C) groups is 1. The third-order valence-electron chi connectivity index (χ3n) is 4.15. The first-order chi connectivity index (χ1) is 13.0. The summed E-state index contributed by atoms with van der Waals surface area (Å²) in [6.07, 6.45) is 0.761. The summed E-state index contributed by atoms with van der Waals surface area (Å²) in [4.78, 5) is 16.4. The molecule has 28 heavy (non-hydrogen) atoms. The second kappa shape index (κ2) is 12.6. The molecule has 2 rings (SSSR count). The maximum absolute atomic E-state index is 11.7. The fraction of sp³-hybridized carbons (Fsp3) is 0.333. The molecule has 0 fully saturated rings. The molecule has 3 N–H and O–H groups in total. The number of carbonyl (C=O) groups excluding carboxylic acids is 1. The summed E-state index contributed by atoms with van der Waals surface area (Å²) in [6, 6.07) is 15.5. The van der Waals surface area contributed by atoms with Crippen molar-refractivity contribution < 1.29 is 4.79 Å². The number of amides is 1. The molecule has 0 heterocycles. The molecule has 0 radical (unpaired) electrons. The van der Waals surface area contributed by atoms with Crippen LogP contribution < -0.4 is 16.0 Å². The summed E-state index contributed by atoms with van der Waals surface area (Å²) in [6.45, 7) is 5.53. The predicted octanol–water partition coefficient (Wildman–Crippen LogP) is 4.18. The second-order valence-electron chi connectivity index (χ2n) is 6.21. The van der Waals surface area contributed by atoms with Gasteiger partial charge in [0.25, 0.3) is 5.91 Å². The van der Waals surface area contributed by atoms with Crippen molar-refractivity contribution in [2.75, 3.05) is 20.1 Å². The highest BCUT2D eigenvalue weighted by Crippen LogP contribution is 2.15. The molecule has 2 aromatic rings. The number of halogens is 2. The largest absolute Gasteiger partial charge is 0.357 e. The molecular formula is C21H28ClIN4O. The molecular weight excluding hydrogens is 487 g/mol. The number of guanidine groups is 1. The van der Waals surface area contributed by atoms with Gasteiger partial charge in [-0.15, -0.1) is 24.0 Å². The van der Waals surface area contributed by atoms with E-state index in [1.165, 1.54) is 0 Å². The quantitative estimate of drug-likeness (QED) is 0.295. The molecule has 0 saturated heterocycles. The van der Waals surface area contributed by atoms with Crippen molar-refractivity contribution in [2.45, 2.75) is 26.3 Å². The summed E-state index contributed by atoms with van der Waals surface area (Å²) in [7, 11) is 1.63. The molecule has 0 aliphatic carbocycles. The summed E-state index contributed by atoms with van der Waals surface area (Å²) in [5.74, 6) is 0.689. The van der Waals surface area contributed by atoms with Crippen LogP contribution in [-0.2, 0) is 6.42 Å². The fourth-order valence-corrected chi connectivity index (χ4v) is 2.80. The Kier molecular flexibility index (Phi) is 10.9. The number of nitrogens with zero attached hydrogens (tertiary/aromatic N) is 1. The minimum absolute atomic E-state index is 0. The highest BCUT2D eigenvalue weighted by Gasteiger charge is 2.08. The van der Waals surface area contributed by atoms with Gasteiger partial charge in [-0.1, -0.05) is 35.9 Å². The molecule has 5 nitrogen and oxygen atoms in total. The number of benzene rings is 2. The Morgan fingerprint density at radius 2 is 1.89 bits per heavy atom. The van der Waals surface area contributed by atoms with Crippen molar-refractivity contribution in [1.29, 1.82) is 0 Å². The first-order valence-corrected chi connectivity index (χ1v) is 9.52. The van der Waals surface area contributed by atoms with Gasteiger partial charge in [-0.25, -0.2) is 0 Å². The van der Waals surface area contributed by atoms with Crippen LogP contribution in [0.5, 0.6) is 0 Å². The van der Waals surface area contributed by atoms with Gasteiger partial charge in [0.2, 0.25) is 0 Å². The van der Waals surface area contributed by atoms with E-state index in [9.17, 15) is 4.79 Å². The van der Waals surface area contributed by atoms with Crippen LogP contribution in [0.25, 0.3) is 0 Å². The lowest BCUT2D eigenvalue weighted by atomic mass is 10.1. The summed E-state index contributed by atoms with van der Waals surface area (Å²) in [5.41, 5.74) is 2.89. The van der Waals surface area contributed by atoms with Crippen LogP contribution in [0.4, 0.5) is 0 Å². The first kappa shape index (κ1) is 24.2. The molecule has 152 valence electrons. The van der Waals surface area contributed by atoms with E-state index < -0.39 is 0 Å². The van der Waals surface area contributed by atoms with Gasteiger partial charge >= 0.3 is 0 Å². The summed E-state index contributed by atoms with van der Waals surface area (Å²) >= 11 is 5.96. The Morgan fingerprint density at radius 3 is 2.54 bits per heavy atom. The Balaban J connectivity index is 0.00000392. The van der Waals surface area contributed by atoms with Crippen LogP contribution in [0.3, 0.4) is 0 Å². The van der Waals surface area contributed by atoms with Gasteiger partial charge in [0.1, 0.15) is 0 Å². The predicted molar refractivity (Wildman–Crippen MR) is 128 cm³/mol. The Hall–Kier alpha value is -1.80. The van der Waals surface area contributed by atoms with E-state index in [4.69, 9.17) is 11.6 Å². The zero-order valence-corrected chi connectivity index (χ0v) is 19.5. The lowest BCUT2D eigenvalue weighted by molar-refractivity contribution is 0.0963. The van der Waals surface area contributed by atoms with Crippen LogP contribution in [0.1, 0.15) is 41.4 Å². The molecule has 0 aliphatic heterocycles. The molecule has 1 unspecified atom stereocenters. The Bertz CT molecular complexity index is 780. The van der Waals surface area contributed by atoms with E-state index in [1.807, 2.05) is 55.5 Å². The Morgan fingerprint density at radius 1 is 1.18 bits per heavy atom. The maximum Gasteiger partial charge on any atom is 0.251 e. The van der Waals surface area contributed by atoms with Gasteiger partial charge in [0.15, 0.2) is 5.96 Å². The van der Waals surface area contributed by atoms with Crippen molar-refractivity contribution in [1.82, 2.24) is 16.0 Å². The van der Waals surface area contributed by atoms with E-state index in [2.05, 4.69) is 27.9 Å². The standard InChI is InChI=1S/C21H27ClN4O.HI/c1-4-24-21(26-15(2)17-8-10-19(22)11-9-17)25-13-12-16-6-5-7-18(14-16)20(27)23-3;/h5-11,14-15H,4,12-13H2,1-3H3,(H,23,27)(H2,24,25,26);1H. The molecule has 1 amide bonds. The minimum atomic E-state index is -0.0767. The van der Waals surface area contributed by atoms with Gasteiger partial charge < -0.3 is 16.0 Å². The third-order valence-corrected chi connectivity index (χ3v) is 4.41. The first-order valence-electron chi connectivity index (χ1n) is 9.14. The SMILES string of the molecule is CCNC(=NCCc1cccc(C(=O)NC)c1)NC(C)c1ccc(Cl)cc1.I. The molecule has 0 bridgehead atoms. The second-order valence-corrected chi connectivity index (χ2v) is 6.64. The van der Waals surface area contributed by atoms with E-state index in [0.717, 1.165) is 35.1 Å². The highest BCUT2D eigenvalue weighted by molar-refractivity contribution is 14.0. The molecule has 0 aliphatic rings. The van der Waals surface area contributed by atoms with Crippen LogP contribution in [-0.4, -0.2) is 32.0 Å². The average molecular weight is 515 g/mol. The lowest BCUT2D eigenvalue weighted by Gasteiger charge is -2.18. The van der Waals surface area contributed by atoms with Crippen molar-refractivity contribution in [3.05, 3.63) is 70.2 Å².